The molecule has 4 nitrogen and oxygen atoms in total. The summed E-state index contributed by atoms with van der Waals surface area (Å²) in [4.78, 5) is 9.34. The number of nitrogens with zero attached hydrogens (tertiary/aromatic N) is 2. The predicted octanol–water partition coefficient (Wildman–Crippen LogP) is 3.10. The minimum absolute atomic E-state index is 0.757. The Morgan fingerprint density at radius 3 is 2.55 bits per heavy atom. The molecule has 0 unspecified atom stereocenters. The molecule has 5 heteroatoms. The summed E-state index contributed by atoms with van der Waals surface area (Å²) in [6.07, 6.45) is 0. The van der Waals surface area contributed by atoms with E-state index in [9.17, 15) is 0 Å². The summed E-state index contributed by atoms with van der Waals surface area (Å²) in [6.45, 7) is 6.34. The molecule has 20 heavy (non-hydrogen) atoms. The first kappa shape index (κ1) is 13.4. The molecule has 0 fully saturated rings. The number of thioether (sulfide) groups is 1. The summed E-state index contributed by atoms with van der Waals surface area (Å²) in [5, 5.41) is 0. The Morgan fingerprint density at radius 2 is 1.80 bits per heavy atom. The predicted molar refractivity (Wildman–Crippen MR) is 84.5 cm³/mol. The third kappa shape index (κ3) is 2.17. The number of rotatable bonds is 2. The Bertz CT molecular complexity index is 682. The van der Waals surface area contributed by atoms with Gasteiger partial charge in [-0.25, -0.2) is 15.8 Å². The number of anilines is 1. The average molecular weight is 286 g/mol. The number of aryl methyl sites for hydroxylation is 3. The van der Waals surface area contributed by atoms with Gasteiger partial charge in [0.25, 0.3) is 0 Å². The molecule has 0 bridgehead atoms. The lowest BCUT2D eigenvalue weighted by Crippen LogP contribution is -2.13. The van der Waals surface area contributed by atoms with Crippen molar-refractivity contribution in [1.82, 2.24) is 9.97 Å². The van der Waals surface area contributed by atoms with Crippen LogP contribution in [0.15, 0.2) is 12.1 Å². The average Bonchev–Trinajstić information content (AvgIpc) is 2.90. The van der Waals surface area contributed by atoms with Gasteiger partial charge in [-0.2, -0.15) is 11.8 Å². The summed E-state index contributed by atoms with van der Waals surface area (Å²) in [5.74, 6) is 9.00. The maximum atomic E-state index is 5.61. The first-order chi connectivity index (χ1) is 9.60. The first-order valence-corrected chi connectivity index (χ1v) is 7.78. The topological polar surface area (TPSA) is 63.8 Å². The van der Waals surface area contributed by atoms with E-state index in [1.165, 1.54) is 16.7 Å². The summed E-state index contributed by atoms with van der Waals surface area (Å²) in [7, 11) is 0. The monoisotopic (exact) mass is 286 g/mol. The number of hydrogen-bond donors (Lipinski definition) is 2. The molecular weight excluding hydrogens is 268 g/mol. The van der Waals surface area contributed by atoms with Gasteiger partial charge in [0.1, 0.15) is 5.82 Å². The number of nitrogen functional groups attached to an aromatic ring is 1. The van der Waals surface area contributed by atoms with Crippen molar-refractivity contribution in [1.29, 1.82) is 0 Å². The lowest BCUT2D eigenvalue weighted by atomic mass is 10.00. The minimum Gasteiger partial charge on any atom is -0.308 e. The number of nitrogens with one attached hydrogen (secondary N) is 1. The molecule has 0 aliphatic carbocycles. The molecule has 1 aromatic heterocycles. The van der Waals surface area contributed by atoms with Crippen LogP contribution in [-0.2, 0) is 11.5 Å². The number of hydrazine groups is 1. The van der Waals surface area contributed by atoms with Crippen molar-refractivity contribution in [3.63, 3.8) is 0 Å². The molecule has 3 rings (SSSR count). The molecule has 1 aliphatic rings. The molecule has 1 aliphatic heterocycles. The Balaban J connectivity index is 2.18. The zero-order valence-electron chi connectivity index (χ0n) is 11.9. The van der Waals surface area contributed by atoms with Crippen LogP contribution < -0.4 is 11.3 Å². The molecule has 104 valence electrons. The van der Waals surface area contributed by atoms with E-state index in [2.05, 4.69) is 43.3 Å². The van der Waals surface area contributed by atoms with Crippen molar-refractivity contribution < 1.29 is 0 Å². The lowest BCUT2D eigenvalue weighted by molar-refractivity contribution is 1.05. The van der Waals surface area contributed by atoms with E-state index < -0.39 is 0 Å². The minimum atomic E-state index is 0.757. The van der Waals surface area contributed by atoms with Gasteiger partial charge in [-0.1, -0.05) is 6.07 Å². The highest BCUT2D eigenvalue weighted by atomic mass is 32.2. The van der Waals surface area contributed by atoms with Crippen LogP contribution in [0.5, 0.6) is 0 Å². The van der Waals surface area contributed by atoms with Crippen LogP contribution in [0.4, 0.5) is 5.82 Å². The van der Waals surface area contributed by atoms with Gasteiger partial charge in [0.15, 0.2) is 5.82 Å². The van der Waals surface area contributed by atoms with Gasteiger partial charge in [0, 0.05) is 22.6 Å². The van der Waals surface area contributed by atoms with Crippen molar-refractivity contribution in [2.45, 2.75) is 32.3 Å². The quantitative estimate of drug-likeness (QED) is 0.656. The Labute approximate surface area is 123 Å². The molecule has 2 aromatic rings. The molecule has 0 radical (unpaired) electrons. The fourth-order valence-corrected chi connectivity index (χ4v) is 3.53. The molecule has 0 atom stereocenters. The van der Waals surface area contributed by atoms with Crippen LogP contribution in [0.1, 0.15) is 27.9 Å². The van der Waals surface area contributed by atoms with E-state index in [1.807, 2.05) is 11.8 Å². The smallest absolute Gasteiger partial charge is 0.162 e. The number of hydrogen-bond acceptors (Lipinski definition) is 5. The highest BCUT2D eigenvalue weighted by Crippen LogP contribution is 2.35. The number of aromatic nitrogens is 2. The van der Waals surface area contributed by atoms with Gasteiger partial charge < -0.3 is 5.43 Å². The van der Waals surface area contributed by atoms with E-state index in [0.717, 1.165) is 40.0 Å². The summed E-state index contributed by atoms with van der Waals surface area (Å²) < 4.78 is 0. The largest absolute Gasteiger partial charge is 0.308 e. The van der Waals surface area contributed by atoms with Crippen molar-refractivity contribution >= 4 is 17.6 Å². The summed E-state index contributed by atoms with van der Waals surface area (Å²) >= 11 is 1.85. The Morgan fingerprint density at radius 1 is 1.05 bits per heavy atom. The summed E-state index contributed by atoms with van der Waals surface area (Å²) in [6, 6.07) is 4.35. The van der Waals surface area contributed by atoms with E-state index in [4.69, 9.17) is 10.8 Å². The standard InChI is InChI=1S/C15H18N4S/c1-8-4-10(3)11(5-9(8)2)14-17-13-7-20-6-12(13)15(18-14)19-16/h4-5H,6-7,16H2,1-3H3,(H,17,18,19). The molecule has 2 heterocycles. The maximum Gasteiger partial charge on any atom is 0.162 e. The number of benzene rings is 1. The summed E-state index contributed by atoms with van der Waals surface area (Å²) in [5.41, 5.74) is 9.79. The van der Waals surface area contributed by atoms with Crippen LogP contribution in [0.2, 0.25) is 0 Å². The molecule has 0 saturated heterocycles. The molecule has 1 aromatic carbocycles. The lowest BCUT2D eigenvalue weighted by Gasteiger charge is -2.12. The van der Waals surface area contributed by atoms with Gasteiger partial charge in [-0.15, -0.1) is 0 Å². The van der Waals surface area contributed by atoms with E-state index >= 15 is 0 Å². The second-order valence-corrected chi connectivity index (χ2v) is 6.20. The highest BCUT2D eigenvalue weighted by molar-refractivity contribution is 7.98. The molecule has 0 spiro atoms. The van der Waals surface area contributed by atoms with Gasteiger partial charge in [0.2, 0.25) is 0 Å². The molecule has 0 saturated carbocycles. The van der Waals surface area contributed by atoms with E-state index in [-0.39, 0.29) is 0 Å². The van der Waals surface area contributed by atoms with Crippen LogP contribution >= 0.6 is 11.8 Å². The zero-order valence-corrected chi connectivity index (χ0v) is 12.8. The first-order valence-electron chi connectivity index (χ1n) is 6.62. The SMILES string of the molecule is Cc1cc(C)c(-c2nc3c(c(NN)n2)CSC3)cc1C. The van der Waals surface area contributed by atoms with E-state index in [1.54, 1.807) is 0 Å². The third-order valence-electron chi connectivity index (χ3n) is 3.80. The Hall–Kier alpha value is -1.59. The third-order valence-corrected chi connectivity index (χ3v) is 4.77. The van der Waals surface area contributed by atoms with Crippen molar-refractivity contribution in [2.75, 3.05) is 5.43 Å². The second-order valence-electron chi connectivity index (χ2n) is 5.21. The van der Waals surface area contributed by atoms with Crippen LogP contribution in [0, 0.1) is 20.8 Å². The highest BCUT2D eigenvalue weighted by Gasteiger charge is 2.20. The van der Waals surface area contributed by atoms with Gasteiger partial charge in [0.05, 0.1) is 5.69 Å². The van der Waals surface area contributed by atoms with Gasteiger partial charge in [-0.05, 0) is 43.5 Å². The number of nitrogens with two attached hydrogens (primary N) is 1. The fraction of sp³-hybridized carbons (Fsp3) is 0.333. The molecular formula is C15H18N4S. The second kappa shape index (κ2) is 5.07. The van der Waals surface area contributed by atoms with Crippen LogP contribution in [-0.4, -0.2) is 9.97 Å². The fourth-order valence-electron chi connectivity index (χ4n) is 2.49. The molecule has 3 N–H and O–H groups in total. The van der Waals surface area contributed by atoms with Crippen molar-refractivity contribution in [2.24, 2.45) is 5.84 Å². The van der Waals surface area contributed by atoms with Crippen molar-refractivity contribution in [3.05, 3.63) is 40.1 Å². The van der Waals surface area contributed by atoms with Crippen LogP contribution in [0.3, 0.4) is 0 Å². The van der Waals surface area contributed by atoms with E-state index in [0.29, 0.717) is 0 Å². The van der Waals surface area contributed by atoms with Gasteiger partial charge >= 0.3 is 0 Å². The molecule has 0 amide bonds. The van der Waals surface area contributed by atoms with Gasteiger partial charge in [-0.3, -0.25) is 0 Å². The van der Waals surface area contributed by atoms with Crippen molar-refractivity contribution in [3.8, 4) is 11.4 Å². The maximum absolute atomic E-state index is 5.61. The van der Waals surface area contributed by atoms with Crippen LogP contribution in [0.25, 0.3) is 11.4 Å². The zero-order chi connectivity index (χ0) is 14.3. The Kier molecular flexibility index (Phi) is 3.40. The number of fused-ring (bicyclic) bond motifs is 1. The normalized spacial score (nSPS) is 13.4.